The lowest BCUT2D eigenvalue weighted by atomic mass is 10.2. The third-order valence-corrected chi connectivity index (χ3v) is 4.77. The van der Waals surface area contributed by atoms with Crippen LogP contribution >= 0.6 is 11.3 Å². The van der Waals surface area contributed by atoms with Crippen LogP contribution in [-0.4, -0.2) is 41.6 Å². The van der Waals surface area contributed by atoms with Gasteiger partial charge in [-0.1, -0.05) is 24.7 Å². The van der Waals surface area contributed by atoms with Gasteiger partial charge in [0, 0.05) is 6.92 Å². The minimum absolute atomic E-state index is 0.0280. The van der Waals surface area contributed by atoms with Crippen molar-refractivity contribution in [3.63, 3.8) is 0 Å². The fourth-order valence-corrected chi connectivity index (χ4v) is 3.46. The number of nitrogens with zero attached hydrogens (tertiary/aromatic N) is 2. The molecule has 1 unspecified atom stereocenters. The molecule has 0 bridgehead atoms. The SMILES string of the molecule is CCCC(NS(=O)(=O)c1nnc(NC(C)=O)s1)C(=O)O. The number of carbonyl (C=O) groups is 2. The number of carbonyl (C=O) groups excluding carboxylic acids is 1. The highest BCUT2D eigenvalue weighted by Gasteiger charge is 2.27. The largest absolute Gasteiger partial charge is 0.480 e. The molecule has 9 nitrogen and oxygen atoms in total. The van der Waals surface area contributed by atoms with Gasteiger partial charge in [0.05, 0.1) is 0 Å². The van der Waals surface area contributed by atoms with Crippen LogP contribution in [0, 0.1) is 0 Å². The second-order valence-electron chi connectivity index (χ2n) is 3.86. The molecule has 20 heavy (non-hydrogen) atoms. The number of hydrogen-bond donors (Lipinski definition) is 3. The molecule has 1 rings (SSSR count). The summed E-state index contributed by atoms with van der Waals surface area (Å²) in [6, 6.07) is -1.22. The molecular formula is C9H14N4O5S2. The number of carboxylic acids is 1. The van der Waals surface area contributed by atoms with Gasteiger partial charge in [0.1, 0.15) is 6.04 Å². The number of carboxylic acid groups (broad SMARTS) is 1. The molecule has 0 saturated carbocycles. The van der Waals surface area contributed by atoms with Crippen molar-refractivity contribution in [3.05, 3.63) is 0 Å². The summed E-state index contributed by atoms with van der Waals surface area (Å²) in [5.41, 5.74) is 0. The number of amides is 1. The van der Waals surface area contributed by atoms with E-state index in [0.717, 1.165) is 0 Å². The van der Waals surface area contributed by atoms with E-state index in [0.29, 0.717) is 17.8 Å². The number of nitrogens with one attached hydrogen (secondary N) is 2. The van der Waals surface area contributed by atoms with Crippen molar-refractivity contribution in [2.24, 2.45) is 0 Å². The van der Waals surface area contributed by atoms with Gasteiger partial charge < -0.3 is 10.4 Å². The third-order valence-electron chi connectivity index (χ3n) is 2.09. The minimum atomic E-state index is -4.08. The highest BCUT2D eigenvalue weighted by molar-refractivity contribution is 7.91. The molecule has 0 aliphatic heterocycles. The second-order valence-corrected chi connectivity index (χ2v) is 6.72. The van der Waals surface area contributed by atoms with Crippen molar-refractivity contribution in [1.29, 1.82) is 0 Å². The Balaban J connectivity index is 2.90. The van der Waals surface area contributed by atoms with Gasteiger partial charge in [-0.2, -0.15) is 4.72 Å². The number of hydrogen-bond acceptors (Lipinski definition) is 7. The quantitative estimate of drug-likeness (QED) is 0.602. The predicted molar refractivity (Wildman–Crippen MR) is 70.9 cm³/mol. The molecule has 0 aliphatic rings. The van der Waals surface area contributed by atoms with Crippen LogP contribution in [0.5, 0.6) is 0 Å². The first-order valence-corrected chi connectivity index (χ1v) is 7.92. The Morgan fingerprint density at radius 2 is 2.05 bits per heavy atom. The zero-order valence-corrected chi connectivity index (χ0v) is 12.4. The van der Waals surface area contributed by atoms with Gasteiger partial charge in [-0.05, 0) is 6.42 Å². The van der Waals surface area contributed by atoms with Gasteiger partial charge in [0.15, 0.2) is 0 Å². The molecule has 0 aromatic carbocycles. The van der Waals surface area contributed by atoms with Crippen molar-refractivity contribution >= 4 is 38.4 Å². The van der Waals surface area contributed by atoms with Crippen molar-refractivity contribution in [2.45, 2.75) is 37.1 Å². The average molecular weight is 322 g/mol. The molecule has 0 saturated heterocycles. The van der Waals surface area contributed by atoms with E-state index in [2.05, 4.69) is 15.5 Å². The summed E-state index contributed by atoms with van der Waals surface area (Å²) < 4.78 is 25.5. The van der Waals surface area contributed by atoms with Crippen molar-refractivity contribution in [1.82, 2.24) is 14.9 Å². The number of rotatable bonds is 7. The van der Waals surface area contributed by atoms with E-state index in [1.54, 1.807) is 6.92 Å². The second kappa shape index (κ2) is 6.72. The Hall–Kier alpha value is -1.59. The molecular weight excluding hydrogens is 308 g/mol. The summed E-state index contributed by atoms with van der Waals surface area (Å²) in [6.07, 6.45) is 0.665. The molecule has 0 spiro atoms. The summed E-state index contributed by atoms with van der Waals surface area (Å²) in [6.45, 7) is 2.99. The summed E-state index contributed by atoms with van der Waals surface area (Å²) in [5.74, 6) is -1.67. The van der Waals surface area contributed by atoms with E-state index in [4.69, 9.17) is 5.11 Å². The highest BCUT2D eigenvalue weighted by atomic mass is 32.2. The zero-order valence-electron chi connectivity index (χ0n) is 10.8. The Morgan fingerprint density at radius 1 is 1.40 bits per heavy atom. The monoisotopic (exact) mass is 322 g/mol. The molecule has 1 amide bonds. The van der Waals surface area contributed by atoms with E-state index in [1.807, 2.05) is 4.72 Å². The molecule has 1 aromatic rings. The lowest BCUT2D eigenvalue weighted by molar-refractivity contribution is -0.139. The third kappa shape index (κ3) is 4.51. The van der Waals surface area contributed by atoms with Crippen molar-refractivity contribution in [2.75, 3.05) is 5.32 Å². The molecule has 1 atom stereocenters. The fourth-order valence-electron chi connectivity index (χ4n) is 1.28. The zero-order chi connectivity index (χ0) is 15.3. The number of aliphatic carboxylic acids is 1. The number of anilines is 1. The lowest BCUT2D eigenvalue weighted by Crippen LogP contribution is -2.40. The molecule has 3 N–H and O–H groups in total. The van der Waals surface area contributed by atoms with E-state index in [1.165, 1.54) is 6.92 Å². The first kappa shape index (κ1) is 16.5. The molecule has 1 heterocycles. The highest BCUT2D eigenvalue weighted by Crippen LogP contribution is 2.20. The predicted octanol–water partition coefficient (Wildman–Crippen LogP) is 0.0281. The molecule has 0 radical (unpaired) electrons. The fraction of sp³-hybridized carbons (Fsp3) is 0.556. The molecule has 112 valence electrons. The van der Waals surface area contributed by atoms with E-state index in [9.17, 15) is 18.0 Å². The molecule has 1 aromatic heterocycles. The maximum absolute atomic E-state index is 11.9. The Labute approximate surface area is 119 Å². The van der Waals surface area contributed by atoms with Gasteiger partial charge in [-0.3, -0.25) is 9.59 Å². The van der Waals surface area contributed by atoms with Crippen LogP contribution in [0.25, 0.3) is 0 Å². The maximum atomic E-state index is 11.9. The van der Waals surface area contributed by atoms with Crippen molar-refractivity contribution < 1.29 is 23.1 Å². The maximum Gasteiger partial charge on any atom is 0.321 e. The summed E-state index contributed by atoms with van der Waals surface area (Å²) in [5, 5.41) is 18.2. The van der Waals surface area contributed by atoms with Crippen LogP contribution in [0.15, 0.2) is 4.34 Å². The summed E-state index contributed by atoms with van der Waals surface area (Å²) in [7, 11) is -4.08. The van der Waals surface area contributed by atoms with Crippen LogP contribution in [0.3, 0.4) is 0 Å². The van der Waals surface area contributed by atoms with Crippen LogP contribution < -0.4 is 10.0 Å². The van der Waals surface area contributed by atoms with E-state index >= 15 is 0 Å². The van der Waals surface area contributed by atoms with Crippen LogP contribution in [0.1, 0.15) is 26.7 Å². The number of aromatic nitrogens is 2. The van der Waals surface area contributed by atoms with Gasteiger partial charge >= 0.3 is 5.97 Å². The molecule has 0 fully saturated rings. The van der Waals surface area contributed by atoms with E-state index < -0.39 is 32.3 Å². The smallest absolute Gasteiger partial charge is 0.321 e. The Morgan fingerprint density at radius 3 is 2.55 bits per heavy atom. The number of sulfonamides is 1. The Bertz CT molecular complexity index is 597. The normalized spacial score (nSPS) is 12.9. The first-order valence-electron chi connectivity index (χ1n) is 5.62. The Kier molecular flexibility index (Phi) is 5.53. The van der Waals surface area contributed by atoms with Gasteiger partial charge in [-0.15, -0.1) is 10.2 Å². The summed E-state index contributed by atoms with van der Waals surface area (Å²) in [4.78, 5) is 21.7. The topological polar surface area (TPSA) is 138 Å². The molecule has 0 aliphatic carbocycles. The van der Waals surface area contributed by atoms with Gasteiger partial charge in [0.2, 0.25) is 15.4 Å². The van der Waals surface area contributed by atoms with E-state index in [-0.39, 0.29) is 11.6 Å². The van der Waals surface area contributed by atoms with Gasteiger partial charge in [-0.25, -0.2) is 8.42 Å². The standard InChI is InChI=1S/C9H14N4O5S2/c1-3-4-6(7(15)16)13-20(17,18)9-12-11-8(19-9)10-5(2)14/h6,13H,3-4H2,1-2H3,(H,15,16)(H,10,11,14). The van der Waals surface area contributed by atoms with Crippen LogP contribution in [-0.2, 0) is 19.6 Å². The first-order chi connectivity index (χ1) is 9.26. The lowest BCUT2D eigenvalue weighted by Gasteiger charge is -2.11. The van der Waals surface area contributed by atoms with Gasteiger partial charge in [0.25, 0.3) is 10.0 Å². The van der Waals surface area contributed by atoms with Crippen LogP contribution in [0.4, 0.5) is 5.13 Å². The van der Waals surface area contributed by atoms with Crippen molar-refractivity contribution in [3.8, 4) is 0 Å². The molecule has 11 heteroatoms. The van der Waals surface area contributed by atoms with Crippen LogP contribution in [0.2, 0.25) is 0 Å². The summed E-state index contributed by atoms with van der Waals surface area (Å²) >= 11 is 0.642. The minimum Gasteiger partial charge on any atom is -0.480 e. The average Bonchev–Trinajstić information content (AvgIpc) is 2.76.